The van der Waals surface area contributed by atoms with E-state index in [-0.39, 0.29) is 6.61 Å². The van der Waals surface area contributed by atoms with Crippen LogP contribution in [0.5, 0.6) is 0 Å². The van der Waals surface area contributed by atoms with E-state index in [9.17, 15) is 9.59 Å². The van der Waals surface area contributed by atoms with Crippen molar-refractivity contribution in [3.8, 4) is 0 Å². The number of Topliss-reactive ketones (excluding diaryl/α,β-unsaturated/α-hetero) is 1. The quantitative estimate of drug-likeness (QED) is 0.286. The van der Waals surface area contributed by atoms with Crippen LogP contribution in [-0.2, 0) is 14.3 Å². The molecule has 0 saturated carbocycles. The van der Waals surface area contributed by atoms with Crippen molar-refractivity contribution in [2.24, 2.45) is 0 Å². The molecule has 20 heavy (non-hydrogen) atoms. The zero-order valence-electron chi connectivity index (χ0n) is 12.0. The fraction of sp³-hybridized carbons (Fsp3) is 0.500. The summed E-state index contributed by atoms with van der Waals surface area (Å²) in [5.41, 5.74) is 0.345. The van der Waals surface area contributed by atoms with Crippen LogP contribution in [-0.4, -0.2) is 31.6 Å². The summed E-state index contributed by atoms with van der Waals surface area (Å²) in [7, 11) is 0. The first-order chi connectivity index (χ1) is 9.75. The Balaban J connectivity index is 2.10. The molecule has 0 heterocycles. The van der Waals surface area contributed by atoms with E-state index in [1.54, 1.807) is 30.3 Å². The van der Waals surface area contributed by atoms with Gasteiger partial charge < -0.3 is 9.47 Å². The van der Waals surface area contributed by atoms with Gasteiger partial charge in [0.05, 0.1) is 6.61 Å². The van der Waals surface area contributed by atoms with Crippen molar-refractivity contribution in [1.29, 1.82) is 0 Å². The summed E-state index contributed by atoms with van der Waals surface area (Å²) in [6.45, 7) is 3.28. The van der Waals surface area contributed by atoms with Crippen LogP contribution in [0.4, 0.5) is 0 Å². The molecule has 4 heteroatoms. The summed E-state index contributed by atoms with van der Waals surface area (Å²) >= 11 is 0. The molecule has 1 aromatic carbocycles. The fourth-order valence-electron chi connectivity index (χ4n) is 1.70. The third kappa shape index (κ3) is 6.48. The lowest BCUT2D eigenvalue weighted by Crippen LogP contribution is -2.20. The van der Waals surface area contributed by atoms with Gasteiger partial charge in [-0.15, -0.1) is 0 Å². The van der Waals surface area contributed by atoms with Crippen molar-refractivity contribution in [2.45, 2.75) is 32.6 Å². The van der Waals surface area contributed by atoms with Gasteiger partial charge in [0.25, 0.3) is 5.78 Å². The Kier molecular flexibility index (Phi) is 8.31. The number of ether oxygens (including phenoxy) is 2. The molecular weight excluding hydrogens is 256 g/mol. The number of unbranched alkanes of at least 4 members (excludes halogenated alkanes) is 3. The molecule has 0 saturated heterocycles. The largest absolute Gasteiger partial charge is 0.457 e. The minimum Gasteiger partial charge on any atom is -0.457 e. The Morgan fingerprint density at radius 2 is 1.70 bits per heavy atom. The van der Waals surface area contributed by atoms with Gasteiger partial charge in [0.15, 0.2) is 0 Å². The van der Waals surface area contributed by atoms with E-state index in [0.717, 1.165) is 12.8 Å². The number of carbonyl (C=O) groups is 2. The van der Waals surface area contributed by atoms with Gasteiger partial charge in [-0.1, -0.05) is 56.5 Å². The minimum atomic E-state index is -0.828. The monoisotopic (exact) mass is 278 g/mol. The third-order valence-corrected chi connectivity index (χ3v) is 2.82. The first-order valence-corrected chi connectivity index (χ1v) is 7.10. The van der Waals surface area contributed by atoms with Crippen LogP contribution in [0, 0.1) is 0 Å². The number of hydrogen-bond donors (Lipinski definition) is 0. The molecule has 0 aromatic heterocycles. The fourth-order valence-corrected chi connectivity index (χ4v) is 1.70. The van der Waals surface area contributed by atoms with Crippen molar-refractivity contribution in [1.82, 2.24) is 0 Å². The second kappa shape index (κ2) is 10.1. The van der Waals surface area contributed by atoms with Gasteiger partial charge >= 0.3 is 5.97 Å². The second-order valence-electron chi connectivity index (χ2n) is 4.50. The second-order valence-corrected chi connectivity index (χ2v) is 4.50. The smallest absolute Gasteiger partial charge is 0.379 e. The lowest BCUT2D eigenvalue weighted by atomic mass is 10.1. The van der Waals surface area contributed by atoms with Crippen LogP contribution >= 0.6 is 0 Å². The molecule has 0 radical (unpaired) electrons. The molecule has 0 spiro atoms. The van der Waals surface area contributed by atoms with Gasteiger partial charge in [0.2, 0.25) is 0 Å². The molecular formula is C16H22O4. The number of hydrogen-bond acceptors (Lipinski definition) is 4. The maximum absolute atomic E-state index is 11.7. The zero-order chi connectivity index (χ0) is 14.6. The summed E-state index contributed by atoms with van der Waals surface area (Å²) in [6, 6.07) is 8.38. The van der Waals surface area contributed by atoms with E-state index in [2.05, 4.69) is 6.92 Å². The van der Waals surface area contributed by atoms with Gasteiger partial charge in [-0.3, -0.25) is 4.79 Å². The van der Waals surface area contributed by atoms with Crippen molar-refractivity contribution in [3.05, 3.63) is 35.9 Å². The highest BCUT2D eigenvalue weighted by atomic mass is 16.6. The van der Waals surface area contributed by atoms with E-state index in [4.69, 9.17) is 9.47 Å². The van der Waals surface area contributed by atoms with Crippen molar-refractivity contribution in [2.75, 3.05) is 19.8 Å². The Bertz CT molecular complexity index is 400. The van der Waals surface area contributed by atoms with E-state index < -0.39 is 11.8 Å². The Morgan fingerprint density at radius 3 is 2.40 bits per heavy atom. The molecule has 0 aliphatic heterocycles. The summed E-state index contributed by atoms with van der Waals surface area (Å²) in [5, 5.41) is 0. The van der Waals surface area contributed by atoms with Crippen molar-refractivity contribution < 1.29 is 19.1 Å². The van der Waals surface area contributed by atoms with Gasteiger partial charge in [-0.05, 0) is 6.42 Å². The minimum absolute atomic E-state index is 0.116. The van der Waals surface area contributed by atoms with Crippen LogP contribution in [0.25, 0.3) is 0 Å². The van der Waals surface area contributed by atoms with Crippen molar-refractivity contribution >= 4 is 11.8 Å². The predicted molar refractivity (Wildman–Crippen MR) is 76.7 cm³/mol. The lowest BCUT2D eigenvalue weighted by Gasteiger charge is -2.05. The van der Waals surface area contributed by atoms with E-state index in [0.29, 0.717) is 18.8 Å². The first kappa shape index (κ1) is 16.4. The SMILES string of the molecule is CCCCCCOCCOC(=O)C(=O)c1ccccc1. The van der Waals surface area contributed by atoms with Gasteiger partial charge in [-0.25, -0.2) is 4.79 Å². The van der Waals surface area contributed by atoms with E-state index >= 15 is 0 Å². The highest BCUT2D eigenvalue weighted by molar-refractivity contribution is 6.40. The van der Waals surface area contributed by atoms with Crippen molar-refractivity contribution in [3.63, 3.8) is 0 Å². The molecule has 0 unspecified atom stereocenters. The Hall–Kier alpha value is -1.68. The maximum atomic E-state index is 11.7. The normalized spacial score (nSPS) is 10.2. The predicted octanol–water partition coefficient (Wildman–Crippen LogP) is 3.01. The summed E-state index contributed by atoms with van der Waals surface area (Å²) < 4.78 is 10.2. The number of benzene rings is 1. The Morgan fingerprint density at radius 1 is 0.950 bits per heavy atom. The molecule has 0 N–H and O–H groups in total. The topological polar surface area (TPSA) is 52.6 Å². The van der Waals surface area contributed by atoms with Crippen LogP contribution in [0.3, 0.4) is 0 Å². The summed E-state index contributed by atoms with van der Waals surface area (Å²) in [6.07, 6.45) is 4.58. The number of ketones is 1. The highest BCUT2D eigenvalue weighted by Gasteiger charge is 2.16. The first-order valence-electron chi connectivity index (χ1n) is 7.10. The molecule has 0 aliphatic rings. The zero-order valence-corrected chi connectivity index (χ0v) is 12.0. The van der Waals surface area contributed by atoms with Crippen LogP contribution < -0.4 is 0 Å². The van der Waals surface area contributed by atoms with Gasteiger partial charge in [-0.2, -0.15) is 0 Å². The Labute approximate surface area is 120 Å². The third-order valence-electron chi connectivity index (χ3n) is 2.82. The summed E-state index contributed by atoms with van der Waals surface area (Å²) in [4.78, 5) is 23.2. The molecule has 0 bridgehead atoms. The van der Waals surface area contributed by atoms with E-state index in [1.165, 1.54) is 12.8 Å². The molecule has 0 amide bonds. The molecule has 110 valence electrons. The summed E-state index contributed by atoms with van der Waals surface area (Å²) in [5.74, 6) is -1.45. The van der Waals surface area contributed by atoms with Gasteiger partial charge in [0.1, 0.15) is 6.61 Å². The van der Waals surface area contributed by atoms with Crippen LogP contribution in [0.1, 0.15) is 43.0 Å². The molecule has 1 aromatic rings. The highest BCUT2D eigenvalue weighted by Crippen LogP contribution is 2.02. The molecule has 0 fully saturated rings. The number of carbonyl (C=O) groups excluding carboxylic acids is 2. The molecule has 0 atom stereocenters. The number of rotatable bonds is 10. The van der Waals surface area contributed by atoms with E-state index in [1.807, 2.05) is 0 Å². The molecule has 4 nitrogen and oxygen atoms in total. The average Bonchev–Trinajstić information content (AvgIpc) is 2.50. The molecule has 1 rings (SSSR count). The molecule has 0 aliphatic carbocycles. The number of esters is 1. The maximum Gasteiger partial charge on any atom is 0.379 e. The standard InChI is InChI=1S/C16H22O4/c1-2-3-4-8-11-19-12-13-20-16(18)15(17)14-9-6-5-7-10-14/h5-7,9-10H,2-4,8,11-13H2,1H3. The van der Waals surface area contributed by atoms with Gasteiger partial charge in [0, 0.05) is 12.2 Å². The average molecular weight is 278 g/mol. The van der Waals surface area contributed by atoms with Crippen LogP contribution in [0.2, 0.25) is 0 Å². The van der Waals surface area contributed by atoms with Crippen LogP contribution in [0.15, 0.2) is 30.3 Å². The lowest BCUT2D eigenvalue weighted by molar-refractivity contribution is -0.139.